The van der Waals surface area contributed by atoms with E-state index in [2.05, 4.69) is 4.90 Å². The molecule has 8 heteroatoms. The Labute approximate surface area is 182 Å². The van der Waals surface area contributed by atoms with Gasteiger partial charge in [-0.25, -0.2) is 4.39 Å². The van der Waals surface area contributed by atoms with Crippen LogP contribution in [0, 0.1) is 5.82 Å². The van der Waals surface area contributed by atoms with Crippen LogP contribution in [0.4, 0.5) is 4.39 Å². The van der Waals surface area contributed by atoms with E-state index in [1.54, 1.807) is 21.9 Å². The Bertz CT molecular complexity index is 825. The Morgan fingerprint density at radius 3 is 2.52 bits per heavy atom. The molecule has 0 N–H and O–H groups in total. The quantitative estimate of drug-likeness (QED) is 0.726. The zero-order valence-electron chi connectivity index (χ0n) is 18.0. The molecule has 1 aromatic carbocycles. The van der Waals surface area contributed by atoms with Crippen LogP contribution in [0.15, 0.2) is 24.3 Å². The minimum absolute atomic E-state index is 0.00638. The van der Waals surface area contributed by atoms with Gasteiger partial charge in [-0.05, 0) is 50.0 Å². The van der Waals surface area contributed by atoms with Gasteiger partial charge >= 0.3 is 0 Å². The summed E-state index contributed by atoms with van der Waals surface area (Å²) >= 11 is 0. The molecule has 0 aliphatic carbocycles. The predicted molar refractivity (Wildman–Crippen MR) is 113 cm³/mol. The molecule has 0 saturated carbocycles. The summed E-state index contributed by atoms with van der Waals surface area (Å²) < 4.78 is 13.5. The van der Waals surface area contributed by atoms with Crippen LogP contribution in [0.3, 0.4) is 0 Å². The Morgan fingerprint density at radius 1 is 1.00 bits per heavy atom. The Balaban J connectivity index is 1.38. The van der Waals surface area contributed by atoms with Crippen molar-refractivity contribution in [3.05, 3.63) is 35.6 Å². The second kappa shape index (κ2) is 9.77. The van der Waals surface area contributed by atoms with Crippen molar-refractivity contribution in [3.63, 3.8) is 0 Å². The zero-order chi connectivity index (χ0) is 21.8. The van der Waals surface area contributed by atoms with E-state index >= 15 is 0 Å². The first-order valence-corrected chi connectivity index (χ1v) is 11.3. The van der Waals surface area contributed by atoms with Gasteiger partial charge in [-0.1, -0.05) is 25.0 Å². The number of hydrogen-bond acceptors (Lipinski definition) is 4. The summed E-state index contributed by atoms with van der Waals surface area (Å²) in [6.07, 6.45) is 5.15. The van der Waals surface area contributed by atoms with E-state index in [-0.39, 0.29) is 36.6 Å². The minimum Gasteiger partial charge on any atom is -0.340 e. The molecule has 3 amide bonds. The third-order valence-corrected chi connectivity index (χ3v) is 6.58. The first-order chi connectivity index (χ1) is 15.0. The lowest BCUT2D eigenvalue weighted by Crippen LogP contribution is -2.59. The number of hydrogen-bond donors (Lipinski definition) is 0. The van der Waals surface area contributed by atoms with Gasteiger partial charge in [0, 0.05) is 26.2 Å². The number of likely N-dealkylation sites (tertiary alicyclic amines) is 1. The number of fused-ring (bicyclic) bond motifs is 1. The molecule has 0 spiro atoms. The van der Waals surface area contributed by atoms with Gasteiger partial charge in [0.15, 0.2) is 0 Å². The van der Waals surface area contributed by atoms with Crippen LogP contribution in [0.5, 0.6) is 0 Å². The average molecular weight is 431 g/mol. The van der Waals surface area contributed by atoms with Crippen LogP contribution >= 0.6 is 0 Å². The normalized spacial score (nSPS) is 23.4. The van der Waals surface area contributed by atoms with Gasteiger partial charge in [0.25, 0.3) is 0 Å². The molecule has 3 aliphatic rings. The fraction of sp³-hybridized carbons (Fsp3) is 0.609. The van der Waals surface area contributed by atoms with Crippen LogP contribution in [0.1, 0.15) is 37.7 Å². The summed E-state index contributed by atoms with van der Waals surface area (Å²) in [5, 5.41) is 0. The molecule has 4 rings (SSSR count). The van der Waals surface area contributed by atoms with Crippen molar-refractivity contribution in [1.29, 1.82) is 0 Å². The van der Waals surface area contributed by atoms with E-state index in [0.29, 0.717) is 38.2 Å². The molecule has 0 aromatic heterocycles. The SMILES string of the molecule is O=C(CN1CCCCCC1)N1CCC2C(=O)N(Cc3cccc(F)c3)CC(=O)N2CC1. The summed E-state index contributed by atoms with van der Waals surface area (Å²) in [5.41, 5.74) is 0.664. The van der Waals surface area contributed by atoms with E-state index < -0.39 is 6.04 Å². The molecule has 1 atom stereocenters. The third kappa shape index (κ3) is 5.23. The first kappa shape index (κ1) is 21.7. The zero-order valence-corrected chi connectivity index (χ0v) is 18.0. The summed E-state index contributed by atoms with van der Waals surface area (Å²) in [6.45, 7) is 3.86. The maximum Gasteiger partial charge on any atom is 0.246 e. The number of benzene rings is 1. The first-order valence-electron chi connectivity index (χ1n) is 11.3. The van der Waals surface area contributed by atoms with Gasteiger partial charge in [0.2, 0.25) is 17.7 Å². The van der Waals surface area contributed by atoms with Crippen molar-refractivity contribution in [2.45, 2.75) is 44.7 Å². The second-order valence-corrected chi connectivity index (χ2v) is 8.79. The van der Waals surface area contributed by atoms with Gasteiger partial charge in [-0.2, -0.15) is 0 Å². The predicted octanol–water partition coefficient (Wildman–Crippen LogP) is 1.47. The monoisotopic (exact) mass is 430 g/mol. The Kier molecular flexibility index (Phi) is 6.85. The van der Waals surface area contributed by atoms with Gasteiger partial charge in [-0.15, -0.1) is 0 Å². The fourth-order valence-electron chi connectivity index (χ4n) is 4.85. The Hall–Kier alpha value is -2.48. The summed E-state index contributed by atoms with van der Waals surface area (Å²) in [5.74, 6) is -0.505. The molecular weight excluding hydrogens is 399 g/mol. The van der Waals surface area contributed by atoms with Crippen molar-refractivity contribution >= 4 is 17.7 Å². The number of piperazine rings is 1. The van der Waals surface area contributed by atoms with Crippen LogP contribution in [-0.2, 0) is 20.9 Å². The maximum absolute atomic E-state index is 13.5. The molecule has 3 saturated heterocycles. The van der Waals surface area contributed by atoms with E-state index in [1.165, 1.54) is 29.9 Å². The molecule has 3 aliphatic heterocycles. The molecule has 3 fully saturated rings. The highest BCUT2D eigenvalue weighted by atomic mass is 19.1. The third-order valence-electron chi connectivity index (χ3n) is 6.58. The minimum atomic E-state index is -0.550. The van der Waals surface area contributed by atoms with Crippen molar-refractivity contribution < 1.29 is 18.8 Å². The maximum atomic E-state index is 13.5. The summed E-state index contributed by atoms with van der Waals surface area (Å²) in [6, 6.07) is 5.55. The van der Waals surface area contributed by atoms with E-state index in [1.807, 2.05) is 0 Å². The van der Waals surface area contributed by atoms with Gasteiger partial charge < -0.3 is 14.7 Å². The lowest BCUT2D eigenvalue weighted by atomic mass is 10.1. The van der Waals surface area contributed by atoms with Gasteiger partial charge in [-0.3, -0.25) is 19.3 Å². The van der Waals surface area contributed by atoms with Gasteiger partial charge in [0.1, 0.15) is 18.4 Å². The number of carbonyl (C=O) groups excluding carboxylic acids is 3. The highest BCUT2D eigenvalue weighted by Gasteiger charge is 2.41. The molecular formula is C23H31FN4O3. The molecule has 1 aromatic rings. The number of halogens is 1. The molecule has 0 radical (unpaired) electrons. The van der Waals surface area contributed by atoms with Crippen LogP contribution in [0.2, 0.25) is 0 Å². The lowest BCUT2D eigenvalue weighted by molar-refractivity contribution is -0.156. The number of amides is 3. The molecule has 31 heavy (non-hydrogen) atoms. The number of nitrogens with zero attached hydrogens (tertiary/aromatic N) is 4. The van der Waals surface area contributed by atoms with Crippen molar-refractivity contribution in [1.82, 2.24) is 19.6 Å². The van der Waals surface area contributed by atoms with Crippen LogP contribution in [0.25, 0.3) is 0 Å². The summed E-state index contributed by atoms with van der Waals surface area (Å²) in [7, 11) is 0. The topological polar surface area (TPSA) is 64.2 Å². The van der Waals surface area contributed by atoms with Crippen LogP contribution in [-0.4, -0.2) is 89.2 Å². The summed E-state index contributed by atoms with van der Waals surface area (Å²) in [4.78, 5) is 45.9. The largest absolute Gasteiger partial charge is 0.340 e. The second-order valence-electron chi connectivity index (χ2n) is 8.79. The van der Waals surface area contributed by atoms with Gasteiger partial charge in [0.05, 0.1) is 6.54 Å². The highest BCUT2D eigenvalue weighted by Crippen LogP contribution is 2.21. The van der Waals surface area contributed by atoms with E-state index in [0.717, 1.165) is 25.9 Å². The van der Waals surface area contributed by atoms with Crippen molar-refractivity contribution in [3.8, 4) is 0 Å². The van der Waals surface area contributed by atoms with Crippen LogP contribution < -0.4 is 0 Å². The standard InChI is InChI=1S/C23H31FN4O3/c24-19-7-5-6-18(14-19)15-27-17-22(30)28-13-12-26(11-8-20(28)23(27)31)21(29)16-25-9-3-1-2-4-10-25/h5-7,14,20H,1-4,8-13,15-17H2. The van der Waals surface area contributed by atoms with E-state index in [9.17, 15) is 18.8 Å². The molecule has 168 valence electrons. The number of rotatable bonds is 4. The Morgan fingerprint density at radius 2 is 1.77 bits per heavy atom. The fourth-order valence-corrected chi connectivity index (χ4v) is 4.85. The van der Waals surface area contributed by atoms with Crippen molar-refractivity contribution in [2.75, 3.05) is 45.8 Å². The molecule has 3 heterocycles. The highest BCUT2D eigenvalue weighted by molar-refractivity contribution is 5.95. The smallest absolute Gasteiger partial charge is 0.246 e. The lowest BCUT2D eigenvalue weighted by Gasteiger charge is -2.39. The van der Waals surface area contributed by atoms with E-state index in [4.69, 9.17) is 0 Å². The molecule has 0 bridgehead atoms. The molecule has 1 unspecified atom stereocenters. The average Bonchev–Trinajstić information content (AvgIpc) is 3.13. The number of carbonyl (C=O) groups is 3. The molecule has 7 nitrogen and oxygen atoms in total. The van der Waals surface area contributed by atoms with Crippen molar-refractivity contribution in [2.24, 2.45) is 0 Å².